The van der Waals surface area contributed by atoms with Gasteiger partial charge in [0.1, 0.15) is 5.69 Å². The molecule has 5 heteroatoms. The number of hydrogen-bond acceptors (Lipinski definition) is 3. The molecule has 0 saturated heterocycles. The van der Waals surface area contributed by atoms with Gasteiger partial charge in [-0.2, -0.15) is 5.10 Å². The molecule has 2 aromatic carbocycles. The van der Waals surface area contributed by atoms with Crippen molar-refractivity contribution >= 4 is 16.7 Å². The number of aliphatic hydroxyl groups is 1. The fraction of sp³-hybridized carbons (Fsp3) is 0.222. The molecule has 3 aromatic rings. The average Bonchev–Trinajstić information content (AvgIpc) is 2.90. The van der Waals surface area contributed by atoms with Crippen LogP contribution < -0.4 is 5.32 Å². The van der Waals surface area contributed by atoms with Crippen molar-refractivity contribution in [2.45, 2.75) is 13.0 Å². The first-order valence-corrected chi connectivity index (χ1v) is 7.50. The van der Waals surface area contributed by atoms with Gasteiger partial charge in [-0.25, -0.2) is 0 Å². The van der Waals surface area contributed by atoms with Crippen LogP contribution in [0.3, 0.4) is 0 Å². The molecule has 1 unspecified atom stereocenters. The third kappa shape index (κ3) is 3.24. The number of carbonyl (C=O) groups excluding carboxylic acids is 1. The largest absolute Gasteiger partial charge is 0.387 e. The lowest BCUT2D eigenvalue weighted by atomic mass is 10.0. The maximum Gasteiger partial charge on any atom is 0.269 e. The van der Waals surface area contributed by atoms with Crippen LogP contribution >= 0.6 is 0 Å². The fourth-order valence-corrected chi connectivity index (χ4v) is 2.64. The van der Waals surface area contributed by atoms with Crippen LogP contribution in [0.25, 0.3) is 10.8 Å². The van der Waals surface area contributed by atoms with Crippen molar-refractivity contribution in [3.05, 3.63) is 65.5 Å². The van der Waals surface area contributed by atoms with Gasteiger partial charge in [0.2, 0.25) is 0 Å². The van der Waals surface area contributed by atoms with Crippen LogP contribution in [-0.2, 0) is 7.05 Å². The Morgan fingerprint density at radius 1 is 1.22 bits per heavy atom. The van der Waals surface area contributed by atoms with E-state index in [1.165, 1.54) is 4.68 Å². The lowest BCUT2D eigenvalue weighted by Crippen LogP contribution is -2.29. The second-order valence-electron chi connectivity index (χ2n) is 5.63. The van der Waals surface area contributed by atoms with Crippen LogP contribution in [0, 0.1) is 6.92 Å². The lowest BCUT2D eigenvalue weighted by molar-refractivity contribution is 0.0907. The molecule has 23 heavy (non-hydrogen) atoms. The summed E-state index contributed by atoms with van der Waals surface area (Å²) in [5, 5.41) is 19.4. The van der Waals surface area contributed by atoms with Gasteiger partial charge in [-0.15, -0.1) is 0 Å². The first-order valence-electron chi connectivity index (χ1n) is 7.50. The molecule has 1 heterocycles. The maximum absolute atomic E-state index is 12.1. The summed E-state index contributed by atoms with van der Waals surface area (Å²) in [5.41, 5.74) is 2.05. The number of rotatable bonds is 4. The van der Waals surface area contributed by atoms with Crippen molar-refractivity contribution in [3.63, 3.8) is 0 Å². The Hall–Kier alpha value is -2.66. The minimum atomic E-state index is -0.752. The van der Waals surface area contributed by atoms with Gasteiger partial charge in [0.05, 0.1) is 11.8 Å². The zero-order chi connectivity index (χ0) is 16.4. The van der Waals surface area contributed by atoms with E-state index in [0.29, 0.717) is 5.69 Å². The summed E-state index contributed by atoms with van der Waals surface area (Å²) in [6.45, 7) is 1.99. The second kappa shape index (κ2) is 6.22. The number of fused-ring (bicyclic) bond motifs is 1. The Kier molecular flexibility index (Phi) is 4.12. The van der Waals surface area contributed by atoms with Crippen molar-refractivity contribution in [2.75, 3.05) is 6.54 Å². The first kappa shape index (κ1) is 15.2. The van der Waals surface area contributed by atoms with Crippen LogP contribution in [0.5, 0.6) is 0 Å². The third-order valence-corrected chi connectivity index (χ3v) is 3.85. The number of nitrogens with one attached hydrogen (secondary N) is 1. The number of benzene rings is 2. The highest BCUT2D eigenvalue weighted by atomic mass is 16.3. The van der Waals surface area contributed by atoms with E-state index >= 15 is 0 Å². The van der Waals surface area contributed by atoms with Gasteiger partial charge in [-0.05, 0) is 35.4 Å². The van der Waals surface area contributed by atoms with Crippen molar-refractivity contribution in [2.24, 2.45) is 7.05 Å². The summed E-state index contributed by atoms with van der Waals surface area (Å²) < 4.78 is 1.53. The highest BCUT2D eigenvalue weighted by Gasteiger charge is 2.14. The number of aromatic nitrogens is 2. The van der Waals surface area contributed by atoms with Crippen molar-refractivity contribution < 1.29 is 9.90 Å². The molecule has 1 amide bonds. The Bertz CT molecular complexity index is 854. The predicted octanol–water partition coefficient (Wildman–Crippen LogP) is 2.35. The van der Waals surface area contributed by atoms with Gasteiger partial charge >= 0.3 is 0 Å². The summed E-state index contributed by atoms with van der Waals surface area (Å²) in [5.74, 6) is -0.243. The summed E-state index contributed by atoms with van der Waals surface area (Å²) in [4.78, 5) is 12.1. The standard InChI is InChI=1S/C18H19N3O2/c1-12-9-16(21(2)20-12)18(23)19-11-17(22)15-8-7-13-5-3-4-6-14(13)10-15/h3-10,17,22H,11H2,1-2H3,(H,19,23). The average molecular weight is 309 g/mol. The minimum absolute atomic E-state index is 0.154. The Morgan fingerprint density at radius 3 is 2.65 bits per heavy atom. The zero-order valence-electron chi connectivity index (χ0n) is 13.2. The van der Waals surface area contributed by atoms with Crippen molar-refractivity contribution in [1.29, 1.82) is 0 Å². The fourth-order valence-electron chi connectivity index (χ4n) is 2.64. The van der Waals surface area contributed by atoms with E-state index in [2.05, 4.69) is 10.4 Å². The zero-order valence-corrected chi connectivity index (χ0v) is 13.2. The predicted molar refractivity (Wildman–Crippen MR) is 89.2 cm³/mol. The number of amides is 1. The van der Waals surface area contributed by atoms with Crippen molar-refractivity contribution in [3.8, 4) is 0 Å². The summed E-state index contributed by atoms with van der Waals surface area (Å²) in [7, 11) is 1.72. The highest BCUT2D eigenvalue weighted by Crippen LogP contribution is 2.20. The molecule has 118 valence electrons. The quantitative estimate of drug-likeness (QED) is 0.777. The molecule has 3 rings (SSSR count). The molecule has 1 atom stereocenters. The molecular formula is C18H19N3O2. The van der Waals surface area contributed by atoms with Crippen LogP contribution in [0.4, 0.5) is 0 Å². The highest BCUT2D eigenvalue weighted by molar-refractivity contribution is 5.92. The molecule has 0 spiro atoms. The molecule has 0 bridgehead atoms. The molecule has 0 radical (unpaired) electrons. The molecular weight excluding hydrogens is 290 g/mol. The van der Waals surface area contributed by atoms with E-state index < -0.39 is 6.10 Å². The van der Waals surface area contributed by atoms with E-state index in [9.17, 15) is 9.90 Å². The van der Waals surface area contributed by atoms with E-state index in [1.54, 1.807) is 13.1 Å². The normalized spacial score (nSPS) is 12.3. The van der Waals surface area contributed by atoms with Crippen LogP contribution in [0.15, 0.2) is 48.5 Å². The Labute approximate surface area is 134 Å². The second-order valence-corrected chi connectivity index (χ2v) is 5.63. The van der Waals surface area contributed by atoms with Gasteiger partial charge in [0, 0.05) is 13.6 Å². The van der Waals surface area contributed by atoms with E-state index in [0.717, 1.165) is 22.0 Å². The van der Waals surface area contributed by atoms with Crippen LogP contribution in [0.2, 0.25) is 0 Å². The smallest absolute Gasteiger partial charge is 0.269 e. The summed E-state index contributed by atoms with van der Waals surface area (Å²) >= 11 is 0. The number of nitrogens with zero attached hydrogens (tertiary/aromatic N) is 2. The van der Waals surface area contributed by atoms with Gasteiger partial charge < -0.3 is 10.4 Å². The molecule has 1 aromatic heterocycles. The SMILES string of the molecule is Cc1cc(C(=O)NCC(O)c2ccc3ccccc3c2)n(C)n1. The molecule has 0 aliphatic heterocycles. The van der Waals surface area contributed by atoms with E-state index in [1.807, 2.05) is 49.4 Å². The van der Waals surface area contributed by atoms with E-state index in [4.69, 9.17) is 0 Å². The maximum atomic E-state index is 12.1. The third-order valence-electron chi connectivity index (χ3n) is 3.85. The molecule has 5 nitrogen and oxygen atoms in total. The van der Waals surface area contributed by atoms with Crippen LogP contribution in [-0.4, -0.2) is 27.3 Å². The number of hydrogen-bond donors (Lipinski definition) is 2. The number of aliphatic hydroxyl groups excluding tert-OH is 1. The molecule has 0 fully saturated rings. The lowest BCUT2D eigenvalue weighted by Gasteiger charge is -2.13. The van der Waals surface area contributed by atoms with Crippen molar-refractivity contribution in [1.82, 2.24) is 15.1 Å². The summed E-state index contributed by atoms with van der Waals surface area (Å²) in [6.07, 6.45) is -0.752. The summed E-state index contributed by atoms with van der Waals surface area (Å²) in [6, 6.07) is 15.5. The van der Waals surface area contributed by atoms with Gasteiger partial charge in [-0.3, -0.25) is 9.48 Å². The number of aryl methyl sites for hydroxylation is 2. The van der Waals surface area contributed by atoms with E-state index in [-0.39, 0.29) is 12.5 Å². The molecule has 0 aliphatic rings. The molecule has 0 saturated carbocycles. The first-order chi connectivity index (χ1) is 11.0. The molecule has 2 N–H and O–H groups in total. The molecule has 0 aliphatic carbocycles. The Balaban J connectivity index is 1.69. The van der Waals surface area contributed by atoms with Gasteiger partial charge in [0.15, 0.2) is 0 Å². The Morgan fingerprint density at radius 2 is 1.96 bits per heavy atom. The minimum Gasteiger partial charge on any atom is -0.387 e. The van der Waals surface area contributed by atoms with Gasteiger partial charge in [-0.1, -0.05) is 36.4 Å². The number of carbonyl (C=O) groups is 1. The monoisotopic (exact) mass is 309 g/mol. The topological polar surface area (TPSA) is 67.2 Å². The van der Waals surface area contributed by atoms with Gasteiger partial charge in [0.25, 0.3) is 5.91 Å². The van der Waals surface area contributed by atoms with Crippen LogP contribution in [0.1, 0.15) is 27.8 Å².